The SMILES string of the molecule is Nc1ccc(N(Cl)c2ccc(N)cc2)cc1. The Hall–Kier alpha value is -1.87. The average molecular weight is 234 g/mol. The van der Waals surface area contributed by atoms with E-state index in [0.29, 0.717) is 11.4 Å². The van der Waals surface area contributed by atoms with E-state index in [1.165, 1.54) is 0 Å². The molecule has 0 aliphatic carbocycles. The van der Waals surface area contributed by atoms with Gasteiger partial charge in [0.05, 0.1) is 11.4 Å². The molecule has 0 atom stereocenters. The Morgan fingerprint density at radius 3 is 1.31 bits per heavy atom. The molecule has 2 rings (SSSR count). The van der Waals surface area contributed by atoms with E-state index in [0.717, 1.165) is 11.4 Å². The predicted molar refractivity (Wildman–Crippen MR) is 69.7 cm³/mol. The van der Waals surface area contributed by atoms with Crippen LogP contribution in [0.2, 0.25) is 0 Å². The topological polar surface area (TPSA) is 55.3 Å². The number of anilines is 4. The predicted octanol–water partition coefficient (Wildman–Crippen LogP) is 3.14. The molecule has 0 amide bonds. The zero-order valence-corrected chi connectivity index (χ0v) is 9.35. The molecule has 0 spiro atoms. The lowest BCUT2D eigenvalue weighted by atomic mass is 10.2. The quantitative estimate of drug-likeness (QED) is 0.619. The lowest BCUT2D eigenvalue weighted by molar-refractivity contribution is 1.42. The van der Waals surface area contributed by atoms with Crippen molar-refractivity contribution in [2.45, 2.75) is 0 Å². The number of halogens is 1. The summed E-state index contributed by atoms with van der Waals surface area (Å²) < 4.78 is 1.55. The molecule has 2 aromatic carbocycles. The van der Waals surface area contributed by atoms with E-state index in [-0.39, 0.29) is 0 Å². The number of nitrogen functional groups attached to an aromatic ring is 2. The van der Waals surface area contributed by atoms with Crippen molar-refractivity contribution in [1.29, 1.82) is 0 Å². The number of nitrogens with zero attached hydrogens (tertiary/aromatic N) is 1. The molecule has 4 heteroatoms. The van der Waals surface area contributed by atoms with Crippen molar-refractivity contribution in [3.63, 3.8) is 0 Å². The van der Waals surface area contributed by atoms with Gasteiger partial charge in [-0.1, -0.05) is 0 Å². The Bertz CT molecular complexity index is 419. The molecule has 0 radical (unpaired) electrons. The summed E-state index contributed by atoms with van der Waals surface area (Å²) in [7, 11) is 0. The molecule has 4 N–H and O–H groups in total. The minimum atomic E-state index is 0.714. The Labute approximate surface area is 99.3 Å². The summed E-state index contributed by atoms with van der Waals surface area (Å²) in [6.45, 7) is 0. The van der Waals surface area contributed by atoms with Crippen molar-refractivity contribution >= 4 is 34.5 Å². The third-order valence-electron chi connectivity index (χ3n) is 2.24. The lowest BCUT2D eigenvalue weighted by Gasteiger charge is -2.16. The van der Waals surface area contributed by atoms with E-state index < -0.39 is 0 Å². The molecule has 0 bridgehead atoms. The van der Waals surface area contributed by atoms with Crippen molar-refractivity contribution < 1.29 is 0 Å². The Kier molecular flexibility index (Phi) is 2.88. The molecule has 16 heavy (non-hydrogen) atoms. The van der Waals surface area contributed by atoms with Crippen LogP contribution in [0.3, 0.4) is 0 Å². The van der Waals surface area contributed by atoms with Gasteiger partial charge in [0, 0.05) is 23.2 Å². The number of hydrogen-bond donors (Lipinski definition) is 2. The van der Waals surface area contributed by atoms with E-state index in [9.17, 15) is 0 Å². The van der Waals surface area contributed by atoms with Crippen LogP contribution >= 0.6 is 11.8 Å². The highest BCUT2D eigenvalue weighted by atomic mass is 35.5. The Balaban J connectivity index is 2.28. The van der Waals surface area contributed by atoms with Gasteiger partial charge in [0.15, 0.2) is 0 Å². The van der Waals surface area contributed by atoms with Gasteiger partial charge in [-0.25, -0.2) is 0 Å². The number of hydrogen-bond acceptors (Lipinski definition) is 3. The molecule has 0 saturated heterocycles. The van der Waals surface area contributed by atoms with E-state index in [1.807, 2.05) is 48.5 Å². The molecule has 0 saturated carbocycles. The standard InChI is InChI=1S/C12H12ClN3/c13-16(11-5-1-9(14)2-6-11)12-7-3-10(15)4-8-12/h1-8H,14-15H2. The second-order valence-corrected chi connectivity index (χ2v) is 3.80. The average Bonchev–Trinajstić information content (AvgIpc) is 2.30. The van der Waals surface area contributed by atoms with Crippen molar-refractivity contribution in [2.24, 2.45) is 0 Å². The first-order chi connectivity index (χ1) is 7.66. The van der Waals surface area contributed by atoms with Crippen LogP contribution in [0, 0.1) is 0 Å². The molecular weight excluding hydrogens is 222 g/mol. The van der Waals surface area contributed by atoms with Gasteiger partial charge >= 0.3 is 0 Å². The molecule has 0 fully saturated rings. The first-order valence-electron chi connectivity index (χ1n) is 4.84. The van der Waals surface area contributed by atoms with Crippen LogP contribution < -0.4 is 15.9 Å². The van der Waals surface area contributed by atoms with Gasteiger partial charge in [0.1, 0.15) is 0 Å². The van der Waals surface area contributed by atoms with Gasteiger partial charge in [0.25, 0.3) is 0 Å². The summed E-state index contributed by atoms with van der Waals surface area (Å²) in [5.74, 6) is 0. The van der Waals surface area contributed by atoms with E-state index >= 15 is 0 Å². The van der Waals surface area contributed by atoms with Crippen LogP contribution in [-0.4, -0.2) is 0 Å². The van der Waals surface area contributed by atoms with Crippen molar-refractivity contribution in [1.82, 2.24) is 0 Å². The molecule has 2 aromatic rings. The van der Waals surface area contributed by atoms with Gasteiger partial charge in [-0.3, -0.25) is 4.42 Å². The van der Waals surface area contributed by atoms with Crippen molar-refractivity contribution in [2.75, 3.05) is 15.9 Å². The largest absolute Gasteiger partial charge is 0.399 e. The number of rotatable bonds is 2. The maximum Gasteiger partial charge on any atom is 0.0582 e. The molecule has 0 unspecified atom stereocenters. The van der Waals surface area contributed by atoms with E-state index in [2.05, 4.69) is 0 Å². The first kappa shape index (κ1) is 10.6. The summed E-state index contributed by atoms with van der Waals surface area (Å²) in [4.78, 5) is 0. The summed E-state index contributed by atoms with van der Waals surface area (Å²) in [6.07, 6.45) is 0. The Morgan fingerprint density at radius 2 is 1.00 bits per heavy atom. The first-order valence-corrected chi connectivity index (χ1v) is 5.17. The fourth-order valence-corrected chi connectivity index (χ4v) is 1.58. The van der Waals surface area contributed by atoms with Gasteiger partial charge in [0.2, 0.25) is 0 Å². The number of nitrogens with two attached hydrogens (primary N) is 2. The summed E-state index contributed by atoms with van der Waals surface area (Å²) in [5, 5.41) is 0. The highest BCUT2D eigenvalue weighted by Crippen LogP contribution is 2.28. The highest BCUT2D eigenvalue weighted by Gasteiger charge is 2.05. The Morgan fingerprint density at radius 1 is 0.688 bits per heavy atom. The monoisotopic (exact) mass is 233 g/mol. The molecule has 3 nitrogen and oxygen atoms in total. The van der Waals surface area contributed by atoms with Crippen LogP contribution in [0.25, 0.3) is 0 Å². The maximum absolute atomic E-state index is 6.19. The van der Waals surface area contributed by atoms with Crippen molar-refractivity contribution in [3.8, 4) is 0 Å². The fourth-order valence-electron chi connectivity index (χ4n) is 1.36. The maximum atomic E-state index is 6.19. The second kappa shape index (κ2) is 4.33. The molecule has 0 heterocycles. The van der Waals surface area contributed by atoms with Gasteiger partial charge in [-0.15, -0.1) is 0 Å². The lowest BCUT2D eigenvalue weighted by Crippen LogP contribution is -2.01. The summed E-state index contributed by atoms with van der Waals surface area (Å²) >= 11 is 6.19. The third-order valence-corrected chi connectivity index (χ3v) is 2.63. The van der Waals surface area contributed by atoms with Crippen LogP contribution in [0.5, 0.6) is 0 Å². The van der Waals surface area contributed by atoms with Gasteiger partial charge in [-0.05, 0) is 48.5 Å². The van der Waals surface area contributed by atoms with Crippen LogP contribution in [0.1, 0.15) is 0 Å². The highest BCUT2D eigenvalue weighted by molar-refractivity contribution is 6.29. The van der Waals surface area contributed by atoms with E-state index in [1.54, 1.807) is 4.42 Å². The molecule has 0 aliphatic heterocycles. The van der Waals surface area contributed by atoms with Crippen molar-refractivity contribution in [3.05, 3.63) is 48.5 Å². The molecule has 0 aliphatic rings. The second-order valence-electron chi connectivity index (χ2n) is 3.46. The van der Waals surface area contributed by atoms with Crippen LogP contribution in [0.15, 0.2) is 48.5 Å². The summed E-state index contributed by atoms with van der Waals surface area (Å²) in [6, 6.07) is 14.7. The van der Waals surface area contributed by atoms with E-state index in [4.69, 9.17) is 23.2 Å². The van der Waals surface area contributed by atoms with Gasteiger partial charge in [-0.2, -0.15) is 0 Å². The zero-order chi connectivity index (χ0) is 11.5. The third kappa shape index (κ3) is 2.20. The normalized spacial score (nSPS) is 10.1. The number of benzene rings is 2. The minimum absolute atomic E-state index is 0.714. The molecular formula is C12H12ClN3. The molecule has 0 aromatic heterocycles. The zero-order valence-electron chi connectivity index (χ0n) is 8.60. The summed E-state index contributed by atoms with van der Waals surface area (Å²) in [5.41, 5.74) is 14.4. The van der Waals surface area contributed by atoms with Crippen LogP contribution in [-0.2, 0) is 0 Å². The van der Waals surface area contributed by atoms with Gasteiger partial charge < -0.3 is 11.5 Å². The van der Waals surface area contributed by atoms with Crippen LogP contribution in [0.4, 0.5) is 22.7 Å². The minimum Gasteiger partial charge on any atom is -0.399 e. The molecule has 82 valence electrons. The smallest absolute Gasteiger partial charge is 0.0582 e. The fraction of sp³-hybridized carbons (Fsp3) is 0.